The summed E-state index contributed by atoms with van der Waals surface area (Å²) < 4.78 is 6.87. The SMILES string of the molecule is Cc1cccc(Cn2cccc(C(=O)N3CCCN(C(=O)OCC(C)C)CC3)c2=O)c1. The number of carbonyl (C=O) groups is 2. The van der Waals surface area contributed by atoms with Crippen molar-refractivity contribution in [1.82, 2.24) is 14.4 Å². The van der Waals surface area contributed by atoms with E-state index in [1.807, 2.05) is 45.0 Å². The predicted octanol–water partition coefficient (Wildman–Crippen LogP) is 3.15. The predicted molar refractivity (Wildman–Crippen MR) is 119 cm³/mol. The Balaban J connectivity index is 1.68. The second-order valence-electron chi connectivity index (χ2n) is 8.45. The van der Waals surface area contributed by atoms with Crippen LogP contribution in [0.25, 0.3) is 0 Å². The number of benzene rings is 1. The summed E-state index contributed by atoms with van der Waals surface area (Å²) in [7, 11) is 0. The Labute approximate surface area is 183 Å². The minimum atomic E-state index is -0.344. The zero-order chi connectivity index (χ0) is 22.4. The van der Waals surface area contributed by atoms with Crippen molar-refractivity contribution >= 4 is 12.0 Å². The van der Waals surface area contributed by atoms with Crippen molar-refractivity contribution in [3.8, 4) is 0 Å². The number of rotatable bonds is 5. The Hall–Kier alpha value is -3.09. The molecule has 2 amide bonds. The van der Waals surface area contributed by atoms with Crippen LogP contribution in [0.3, 0.4) is 0 Å². The van der Waals surface area contributed by atoms with Crippen LogP contribution in [-0.2, 0) is 11.3 Å². The number of pyridine rings is 1. The largest absolute Gasteiger partial charge is 0.449 e. The Morgan fingerprint density at radius 2 is 1.77 bits per heavy atom. The van der Waals surface area contributed by atoms with Gasteiger partial charge in [0.2, 0.25) is 0 Å². The van der Waals surface area contributed by atoms with Gasteiger partial charge in [-0.2, -0.15) is 0 Å². The van der Waals surface area contributed by atoms with Gasteiger partial charge in [-0.15, -0.1) is 0 Å². The van der Waals surface area contributed by atoms with E-state index in [-0.39, 0.29) is 29.0 Å². The van der Waals surface area contributed by atoms with E-state index in [0.717, 1.165) is 11.1 Å². The van der Waals surface area contributed by atoms with Crippen molar-refractivity contribution in [2.45, 2.75) is 33.7 Å². The Morgan fingerprint density at radius 1 is 1.03 bits per heavy atom. The maximum absolute atomic E-state index is 13.1. The first-order valence-electron chi connectivity index (χ1n) is 10.8. The number of hydrogen-bond donors (Lipinski definition) is 0. The second-order valence-corrected chi connectivity index (χ2v) is 8.45. The van der Waals surface area contributed by atoms with Crippen molar-refractivity contribution in [3.63, 3.8) is 0 Å². The fourth-order valence-electron chi connectivity index (χ4n) is 3.63. The van der Waals surface area contributed by atoms with Crippen molar-refractivity contribution in [2.24, 2.45) is 5.92 Å². The maximum atomic E-state index is 13.1. The molecule has 31 heavy (non-hydrogen) atoms. The Kier molecular flexibility index (Phi) is 7.50. The Bertz CT molecular complexity index is 983. The van der Waals surface area contributed by atoms with E-state index in [1.54, 1.807) is 32.7 Å². The molecule has 0 spiro atoms. The van der Waals surface area contributed by atoms with Gasteiger partial charge in [0.25, 0.3) is 11.5 Å². The first-order valence-corrected chi connectivity index (χ1v) is 10.8. The maximum Gasteiger partial charge on any atom is 0.409 e. The molecule has 2 heterocycles. The molecule has 0 atom stereocenters. The highest BCUT2D eigenvalue weighted by molar-refractivity contribution is 5.93. The molecule has 2 aromatic rings. The highest BCUT2D eigenvalue weighted by atomic mass is 16.6. The van der Waals surface area contributed by atoms with Gasteiger partial charge in [-0.25, -0.2) is 4.79 Å². The number of nitrogens with zero attached hydrogens (tertiary/aromatic N) is 3. The standard InChI is InChI=1S/C24H31N3O4/c1-18(2)17-31-24(30)26-12-6-11-25(13-14-26)22(28)21-9-5-10-27(23(21)29)16-20-8-4-7-19(3)15-20/h4-5,7-10,15,18H,6,11-14,16-17H2,1-3H3. The first-order chi connectivity index (χ1) is 14.8. The topological polar surface area (TPSA) is 71.8 Å². The van der Waals surface area contributed by atoms with E-state index in [0.29, 0.717) is 45.8 Å². The van der Waals surface area contributed by atoms with Crippen LogP contribution in [0.15, 0.2) is 47.4 Å². The fraction of sp³-hybridized carbons (Fsp3) is 0.458. The van der Waals surface area contributed by atoms with E-state index in [1.165, 1.54) is 0 Å². The normalized spacial score (nSPS) is 14.5. The molecule has 7 heteroatoms. The molecule has 0 saturated carbocycles. The number of ether oxygens (including phenoxy) is 1. The highest BCUT2D eigenvalue weighted by Gasteiger charge is 2.25. The van der Waals surface area contributed by atoms with Crippen LogP contribution in [0.1, 0.15) is 41.8 Å². The van der Waals surface area contributed by atoms with Gasteiger partial charge in [0.05, 0.1) is 13.2 Å². The number of aryl methyl sites for hydroxylation is 1. The molecule has 1 aromatic carbocycles. The summed E-state index contributed by atoms with van der Waals surface area (Å²) >= 11 is 0. The summed E-state index contributed by atoms with van der Waals surface area (Å²) in [6.45, 7) is 8.58. The molecule has 7 nitrogen and oxygen atoms in total. The molecule has 0 N–H and O–H groups in total. The van der Waals surface area contributed by atoms with Crippen LogP contribution < -0.4 is 5.56 Å². The zero-order valence-electron chi connectivity index (χ0n) is 18.5. The number of amides is 2. The summed E-state index contributed by atoms with van der Waals surface area (Å²) in [4.78, 5) is 41.6. The van der Waals surface area contributed by atoms with Crippen LogP contribution in [-0.4, -0.2) is 59.2 Å². The molecule has 0 bridgehead atoms. The third kappa shape index (κ3) is 5.96. The molecule has 1 saturated heterocycles. The average molecular weight is 426 g/mol. The van der Waals surface area contributed by atoms with Crippen molar-refractivity contribution in [2.75, 3.05) is 32.8 Å². The van der Waals surface area contributed by atoms with Crippen molar-refractivity contribution in [3.05, 3.63) is 69.6 Å². The number of hydrogen-bond acceptors (Lipinski definition) is 4. The molecule has 0 radical (unpaired) electrons. The molecular formula is C24H31N3O4. The molecule has 1 fully saturated rings. The van der Waals surface area contributed by atoms with E-state index in [9.17, 15) is 14.4 Å². The van der Waals surface area contributed by atoms with Gasteiger partial charge in [-0.1, -0.05) is 43.7 Å². The van der Waals surface area contributed by atoms with E-state index < -0.39 is 0 Å². The average Bonchev–Trinajstić information content (AvgIpc) is 2.99. The third-order valence-electron chi connectivity index (χ3n) is 5.27. The lowest BCUT2D eigenvalue weighted by molar-refractivity contribution is 0.0744. The summed E-state index contributed by atoms with van der Waals surface area (Å²) in [5, 5.41) is 0. The summed E-state index contributed by atoms with van der Waals surface area (Å²) in [5.74, 6) is -0.0185. The second kappa shape index (κ2) is 10.3. The minimum absolute atomic E-state index is 0.158. The lowest BCUT2D eigenvalue weighted by Gasteiger charge is -2.22. The van der Waals surface area contributed by atoms with Crippen molar-refractivity contribution in [1.29, 1.82) is 0 Å². The molecule has 0 unspecified atom stereocenters. The van der Waals surface area contributed by atoms with E-state index >= 15 is 0 Å². The molecular weight excluding hydrogens is 394 g/mol. The van der Waals surface area contributed by atoms with Gasteiger partial charge in [0.1, 0.15) is 5.56 Å². The Morgan fingerprint density at radius 3 is 2.52 bits per heavy atom. The summed E-state index contributed by atoms with van der Waals surface area (Å²) in [6, 6.07) is 11.3. The molecule has 1 aliphatic heterocycles. The van der Waals surface area contributed by atoms with Gasteiger partial charge in [0.15, 0.2) is 0 Å². The van der Waals surface area contributed by atoms with E-state index in [4.69, 9.17) is 4.74 Å². The monoisotopic (exact) mass is 425 g/mol. The van der Waals surface area contributed by atoms with Gasteiger partial charge in [-0.3, -0.25) is 9.59 Å². The lowest BCUT2D eigenvalue weighted by atomic mass is 10.1. The minimum Gasteiger partial charge on any atom is -0.449 e. The number of aromatic nitrogens is 1. The van der Waals surface area contributed by atoms with Gasteiger partial charge < -0.3 is 19.1 Å². The van der Waals surface area contributed by atoms with Crippen LogP contribution in [0.2, 0.25) is 0 Å². The molecule has 1 aliphatic rings. The highest BCUT2D eigenvalue weighted by Crippen LogP contribution is 2.10. The quantitative estimate of drug-likeness (QED) is 0.738. The first kappa shape index (κ1) is 22.6. The van der Waals surface area contributed by atoms with Crippen LogP contribution in [0, 0.1) is 12.8 Å². The van der Waals surface area contributed by atoms with E-state index in [2.05, 4.69) is 0 Å². The fourth-order valence-corrected chi connectivity index (χ4v) is 3.63. The molecule has 3 rings (SSSR count). The summed E-state index contributed by atoms with van der Waals surface area (Å²) in [5.41, 5.74) is 1.99. The van der Waals surface area contributed by atoms with Gasteiger partial charge >= 0.3 is 6.09 Å². The third-order valence-corrected chi connectivity index (χ3v) is 5.27. The van der Waals surface area contributed by atoms with Crippen LogP contribution in [0.5, 0.6) is 0 Å². The molecule has 1 aromatic heterocycles. The van der Waals surface area contributed by atoms with Crippen molar-refractivity contribution < 1.29 is 14.3 Å². The van der Waals surface area contributed by atoms with Gasteiger partial charge in [-0.05, 0) is 37.0 Å². The van der Waals surface area contributed by atoms with Crippen LogP contribution >= 0.6 is 0 Å². The van der Waals surface area contributed by atoms with Crippen LogP contribution in [0.4, 0.5) is 4.79 Å². The lowest BCUT2D eigenvalue weighted by Crippen LogP contribution is -2.40. The smallest absolute Gasteiger partial charge is 0.409 e. The molecule has 0 aliphatic carbocycles. The zero-order valence-corrected chi connectivity index (χ0v) is 18.5. The van der Waals surface area contributed by atoms with Gasteiger partial charge in [0, 0.05) is 32.4 Å². The number of carbonyl (C=O) groups excluding carboxylic acids is 2. The molecule has 166 valence electrons. The summed E-state index contributed by atoms with van der Waals surface area (Å²) in [6.07, 6.45) is 2.01.